The number of amides is 1. The number of hydroxylamine groups is 2. The van der Waals surface area contributed by atoms with Gasteiger partial charge in [0.15, 0.2) is 0 Å². The fourth-order valence-corrected chi connectivity index (χ4v) is 4.50. The van der Waals surface area contributed by atoms with Gasteiger partial charge in [0.25, 0.3) is 0 Å². The number of hydrogen-bond donors (Lipinski definition) is 0. The number of methoxy groups -OCH3 is 1. The number of ether oxygens (including phenoxy) is 1. The molecule has 6 nitrogen and oxygen atoms in total. The van der Waals surface area contributed by atoms with E-state index < -0.39 is 6.04 Å². The molecule has 0 bridgehead atoms. The lowest BCUT2D eigenvalue weighted by Crippen LogP contribution is -2.52. The van der Waals surface area contributed by atoms with Crippen molar-refractivity contribution in [1.29, 1.82) is 0 Å². The van der Waals surface area contributed by atoms with Gasteiger partial charge in [0.05, 0.1) is 13.7 Å². The fourth-order valence-electron chi connectivity index (χ4n) is 4.50. The zero-order chi connectivity index (χ0) is 17.4. The minimum absolute atomic E-state index is 0.0221. The van der Waals surface area contributed by atoms with Gasteiger partial charge in [-0.3, -0.25) is 9.63 Å². The van der Waals surface area contributed by atoms with Crippen molar-refractivity contribution in [3.8, 4) is 0 Å². The number of rotatable bonds is 3. The maximum absolute atomic E-state index is 13.3. The van der Waals surface area contributed by atoms with Crippen LogP contribution in [-0.2, 0) is 25.7 Å². The van der Waals surface area contributed by atoms with Crippen LogP contribution < -0.4 is 0 Å². The Balaban J connectivity index is 1.58. The maximum Gasteiger partial charge on any atom is 0.328 e. The van der Waals surface area contributed by atoms with E-state index in [-0.39, 0.29) is 29.9 Å². The number of carbonyl (C=O) groups excluding carboxylic acids is 2. The van der Waals surface area contributed by atoms with Crippen molar-refractivity contribution in [1.82, 2.24) is 9.96 Å². The van der Waals surface area contributed by atoms with E-state index in [0.717, 1.165) is 24.8 Å². The Labute approximate surface area is 147 Å². The van der Waals surface area contributed by atoms with E-state index in [4.69, 9.17) is 9.57 Å². The Morgan fingerprint density at radius 3 is 2.72 bits per heavy atom. The van der Waals surface area contributed by atoms with E-state index >= 15 is 0 Å². The van der Waals surface area contributed by atoms with Gasteiger partial charge in [0.2, 0.25) is 5.91 Å². The van der Waals surface area contributed by atoms with Gasteiger partial charge >= 0.3 is 5.97 Å². The molecule has 0 N–H and O–H groups in total. The summed E-state index contributed by atoms with van der Waals surface area (Å²) < 4.78 is 4.93. The molecule has 0 spiro atoms. The Morgan fingerprint density at radius 1 is 1.20 bits per heavy atom. The predicted molar refractivity (Wildman–Crippen MR) is 90.1 cm³/mol. The van der Waals surface area contributed by atoms with Crippen LogP contribution in [0.1, 0.15) is 31.2 Å². The first-order chi connectivity index (χ1) is 12.2. The summed E-state index contributed by atoms with van der Waals surface area (Å²) in [5.74, 6) is -0.0863. The topological polar surface area (TPSA) is 59.1 Å². The maximum atomic E-state index is 13.3. The smallest absolute Gasteiger partial charge is 0.328 e. The molecule has 0 saturated carbocycles. The minimum atomic E-state index is -0.444. The summed E-state index contributed by atoms with van der Waals surface area (Å²) in [6, 6.07) is 9.42. The molecular weight excluding hydrogens is 320 g/mol. The molecule has 0 aliphatic carbocycles. The Hall–Kier alpha value is -1.92. The van der Waals surface area contributed by atoms with Crippen LogP contribution >= 0.6 is 0 Å². The van der Waals surface area contributed by atoms with Crippen molar-refractivity contribution >= 4 is 11.9 Å². The normalized spacial score (nSPS) is 32.2. The Bertz CT molecular complexity index is 650. The molecule has 1 aromatic carbocycles. The first-order valence-electron chi connectivity index (χ1n) is 9.02. The zero-order valence-corrected chi connectivity index (χ0v) is 14.5. The van der Waals surface area contributed by atoms with Gasteiger partial charge in [-0.05, 0) is 31.2 Å². The molecule has 1 aromatic rings. The molecule has 3 saturated heterocycles. The largest absolute Gasteiger partial charge is 0.467 e. The summed E-state index contributed by atoms with van der Waals surface area (Å²) >= 11 is 0. The molecule has 3 aliphatic heterocycles. The summed E-state index contributed by atoms with van der Waals surface area (Å²) in [7, 11) is 1.39. The van der Waals surface area contributed by atoms with Crippen molar-refractivity contribution in [3.05, 3.63) is 35.9 Å². The van der Waals surface area contributed by atoms with Crippen molar-refractivity contribution in [2.45, 2.75) is 50.4 Å². The summed E-state index contributed by atoms with van der Waals surface area (Å²) in [5, 5.41) is 1.82. The molecule has 25 heavy (non-hydrogen) atoms. The Kier molecular flexibility index (Phi) is 4.48. The number of benzene rings is 1. The number of fused-ring (bicyclic) bond motifs is 2. The van der Waals surface area contributed by atoms with E-state index in [1.54, 1.807) is 4.90 Å². The van der Waals surface area contributed by atoms with Gasteiger partial charge in [-0.2, -0.15) is 5.06 Å². The van der Waals surface area contributed by atoms with Crippen LogP contribution in [0.4, 0.5) is 0 Å². The lowest BCUT2D eigenvalue weighted by molar-refractivity contribution is -0.169. The van der Waals surface area contributed by atoms with Crippen LogP contribution in [0.25, 0.3) is 0 Å². The lowest BCUT2D eigenvalue weighted by Gasteiger charge is -2.31. The molecule has 0 unspecified atom stereocenters. The van der Waals surface area contributed by atoms with Crippen LogP contribution in [0.15, 0.2) is 30.3 Å². The third-order valence-electron chi connectivity index (χ3n) is 5.75. The first kappa shape index (κ1) is 16.5. The van der Waals surface area contributed by atoms with E-state index in [2.05, 4.69) is 0 Å². The van der Waals surface area contributed by atoms with Gasteiger partial charge in [0, 0.05) is 18.5 Å². The highest BCUT2D eigenvalue weighted by atomic mass is 16.7. The zero-order valence-electron chi connectivity index (χ0n) is 14.5. The second-order valence-corrected chi connectivity index (χ2v) is 7.15. The summed E-state index contributed by atoms with van der Waals surface area (Å²) in [6.07, 6.45) is 3.46. The van der Waals surface area contributed by atoms with Gasteiger partial charge < -0.3 is 9.64 Å². The molecule has 4 atom stereocenters. The molecule has 6 heteroatoms. The van der Waals surface area contributed by atoms with Crippen LogP contribution in [0.3, 0.4) is 0 Å². The molecule has 3 heterocycles. The summed E-state index contributed by atoms with van der Waals surface area (Å²) in [5.41, 5.74) is 1.11. The highest BCUT2D eigenvalue weighted by Crippen LogP contribution is 2.38. The fraction of sp³-hybridized carbons (Fsp3) is 0.579. The summed E-state index contributed by atoms with van der Waals surface area (Å²) in [6.45, 7) is 1.15. The predicted octanol–water partition coefficient (Wildman–Crippen LogP) is 1.74. The molecule has 1 amide bonds. The average molecular weight is 344 g/mol. The van der Waals surface area contributed by atoms with E-state index in [1.807, 2.05) is 35.4 Å². The number of nitrogens with zero attached hydrogens (tertiary/aromatic N) is 2. The second-order valence-electron chi connectivity index (χ2n) is 7.15. The quantitative estimate of drug-likeness (QED) is 0.782. The van der Waals surface area contributed by atoms with Crippen LogP contribution in [-0.4, -0.2) is 53.7 Å². The molecule has 4 rings (SSSR count). The van der Waals surface area contributed by atoms with Crippen molar-refractivity contribution in [2.24, 2.45) is 5.92 Å². The minimum Gasteiger partial charge on any atom is -0.467 e. The van der Waals surface area contributed by atoms with E-state index in [9.17, 15) is 9.59 Å². The highest BCUT2D eigenvalue weighted by molar-refractivity contribution is 5.89. The SMILES string of the molecule is COC(=O)[C@@H]1CC[C@@H]2CC[C@@H]3CON(Cc4ccccc4)[C@@H]3C(=O)N21. The molecular formula is C19H24N2O4. The van der Waals surface area contributed by atoms with Gasteiger partial charge in [-0.25, -0.2) is 4.79 Å². The molecule has 134 valence electrons. The van der Waals surface area contributed by atoms with E-state index in [1.165, 1.54) is 7.11 Å². The second kappa shape index (κ2) is 6.77. The third kappa shape index (κ3) is 2.93. The monoisotopic (exact) mass is 344 g/mol. The van der Waals surface area contributed by atoms with Gasteiger partial charge in [-0.15, -0.1) is 0 Å². The van der Waals surface area contributed by atoms with Crippen molar-refractivity contribution in [2.75, 3.05) is 13.7 Å². The van der Waals surface area contributed by atoms with Gasteiger partial charge in [0.1, 0.15) is 12.1 Å². The van der Waals surface area contributed by atoms with Crippen LogP contribution in [0, 0.1) is 5.92 Å². The highest BCUT2D eigenvalue weighted by Gasteiger charge is 2.51. The average Bonchev–Trinajstić information content (AvgIpc) is 3.20. The third-order valence-corrected chi connectivity index (χ3v) is 5.75. The van der Waals surface area contributed by atoms with Crippen LogP contribution in [0.5, 0.6) is 0 Å². The number of carbonyl (C=O) groups is 2. The number of hydrogen-bond acceptors (Lipinski definition) is 5. The molecule has 0 radical (unpaired) electrons. The van der Waals surface area contributed by atoms with Gasteiger partial charge in [-0.1, -0.05) is 30.3 Å². The lowest BCUT2D eigenvalue weighted by atomic mass is 9.95. The molecule has 3 fully saturated rings. The first-order valence-corrected chi connectivity index (χ1v) is 9.02. The standard InChI is InChI=1S/C19H24N2O4/c1-24-19(23)16-10-9-15-8-7-14-12-25-20(17(14)18(22)21(15)16)11-13-5-3-2-4-6-13/h2-6,14-17H,7-12H2,1H3/t14-,15+,16+,17+/m1/s1. The van der Waals surface area contributed by atoms with Crippen LogP contribution in [0.2, 0.25) is 0 Å². The molecule has 3 aliphatic rings. The van der Waals surface area contributed by atoms with E-state index in [0.29, 0.717) is 19.6 Å². The summed E-state index contributed by atoms with van der Waals surface area (Å²) in [4.78, 5) is 33.1. The molecule has 0 aromatic heterocycles. The Morgan fingerprint density at radius 2 is 1.96 bits per heavy atom. The van der Waals surface area contributed by atoms with Crippen molar-refractivity contribution < 1.29 is 19.2 Å². The number of esters is 1. The van der Waals surface area contributed by atoms with Crippen molar-refractivity contribution in [3.63, 3.8) is 0 Å².